The minimum atomic E-state index is 0.278. The molecular formula is C10H17N3O. The highest BCUT2D eigenvalue weighted by Gasteiger charge is 1.92. The Morgan fingerprint density at radius 3 is 2.86 bits per heavy atom. The third-order valence-electron chi connectivity index (χ3n) is 1.92. The van der Waals surface area contributed by atoms with Crippen LogP contribution in [-0.2, 0) is 0 Å². The first-order valence-electron chi connectivity index (χ1n) is 4.88. The molecule has 0 unspecified atom stereocenters. The second kappa shape index (κ2) is 6.21. The number of anilines is 2. The standard InChI is InChI=1S/C10H17N3O/c11-9-6-10(8-12-7-9)13-4-2-1-3-5-14/h6-8,13-14H,1-5,11H2. The molecule has 0 saturated heterocycles. The molecule has 4 heteroatoms. The van der Waals surface area contributed by atoms with E-state index in [9.17, 15) is 0 Å². The minimum absolute atomic E-state index is 0.278. The highest BCUT2D eigenvalue weighted by Crippen LogP contribution is 2.09. The molecule has 0 aromatic carbocycles. The fourth-order valence-corrected chi connectivity index (χ4v) is 1.20. The lowest BCUT2D eigenvalue weighted by molar-refractivity contribution is 0.283. The zero-order valence-corrected chi connectivity index (χ0v) is 8.24. The minimum Gasteiger partial charge on any atom is -0.397 e. The molecule has 14 heavy (non-hydrogen) atoms. The van der Waals surface area contributed by atoms with E-state index in [2.05, 4.69) is 10.3 Å². The number of rotatable bonds is 6. The topological polar surface area (TPSA) is 71.2 Å². The Hall–Kier alpha value is -1.29. The van der Waals surface area contributed by atoms with Crippen molar-refractivity contribution in [3.05, 3.63) is 18.5 Å². The van der Waals surface area contributed by atoms with Crippen LogP contribution in [0.4, 0.5) is 11.4 Å². The van der Waals surface area contributed by atoms with Crippen molar-refractivity contribution in [1.82, 2.24) is 4.98 Å². The summed E-state index contributed by atoms with van der Waals surface area (Å²) in [6.45, 7) is 1.17. The molecule has 0 bridgehead atoms. The first-order chi connectivity index (χ1) is 6.83. The molecule has 1 aromatic rings. The van der Waals surface area contributed by atoms with Gasteiger partial charge < -0.3 is 16.2 Å². The van der Waals surface area contributed by atoms with E-state index < -0.39 is 0 Å². The van der Waals surface area contributed by atoms with Crippen molar-refractivity contribution >= 4 is 11.4 Å². The molecule has 0 radical (unpaired) electrons. The fourth-order valence-electron chi connectivity index (χ4n) is 1.20. The fraction of sp³-hybridized carbons (Fsp3) is 0.500. The molecule has 4 nitrogen and oxygen atoms in total. The number of nitrogens with two attached hydrogens (primary N) is 1. The van der Waals surface area contributed by atoms with Gasteiger partial charge in [-0.1, -0.05) is 0 Å². The van der Waals surface area contributed by atoms with Gasteiger partial charge in [0.05, 0.1) is 17.6 Å². The zero-order chi connectivity index (χ0) is 10.2. The van der Waals surface area contributed by atoms with Crippen LogP contribution in [0, 0.1) is 0 Å². The summed E-state index contributed by atoms with van der Waals surface area (Å²) in [5.41, 5.74) is 7.20. The molecule has 0 aliphatic rings. The van der Waals surface area contributed by atoms with Gasteiger partial charge in [-0.05, 0) is 25.3 Å². The summed E-state index contributed by atoms with van der Waals surface area (Å²) >= 11 is 0. The molecule has 0 fully saturated rings. The number of aromatic nitrogens is 1. The van der Waals surface area contributed by atoms with Crippen molar-refractivity contribution in [3.63, 3.8) is 0 Å². The molecule has 78 valence electrons. The zero-order valence-electron chi connectivity index (χ0n) is 8.24. The SMILES string of the molecule is Nc1cncc(NCCCCCO)c1. The number of hydrogen-bond donors (Lipinski definition) is 3. The normalized spacial score (nSPS) is 10.1. The Morgan fingerprint density at radius 2 is 2.14 bits per heavy atom. The molecule has 0 atom stereocenters. The quantitative estimate of drug-likeness (QED) is 0.597. The molecule has 0 aliphatic heterocycles. The third-order valence-corrected chi connectivity index (χ3v) is 1.92. The van der Waals surface area contributed by atoms with Crippen molar-refractivity contribution < 1.29 is 5.11 Å². The molecule has 1 rings (SSSR count). The molecule has 4 N–H and O–H groups in total. The third kappa shape index (κ3) is 4.09. The van der Waals surface area contributed by atoms with Crippen LogP contribution in [0.3, 0.4) is 0 Å². The van der Waals surface area contributed by atoms with Gasteiger partial charge in [0.2, 0.25) is 0 Å². The Bertz CT molecular complexity index is 265. The van der Waals surface area contributed by atoms with Crippen LogP contribution in [0.15, 0.2) is 18.5 Å². The van der Waals surface area contributed by atoms with Crippen molar-refractivity contribution in [3.8, 4) is 0 Å². The lowest BCUT2D eigenvalue weighted by atomic mass is 10.2. The number of aliphatic hydroxyl groups excluding tert-OH is 1. The van der Waals surface area contributed by atoms with Gasteiger partial charge in [-0.15, -0.1) is 0 Å². The number of nitrogens with one attached hydrogen (secondary N) is 1. The predicted molar refractivity (Wildman–Crippen MR) is 58.1 cm³/mol. The first-order valence-corrected chi connectivity index (χ1v) is 4.88. The van der Waals surface area contributed by atoms with Gasteiger partial charge in [0, 0.05) is 19.3 Å². The van der Waals surface area contributed by atoms with Gasteiger partial charge in [-0.3, -0.25) is 4.98 Å². The number of nitrogens with zero attached hydrogens (tertiary/aromatic N) is 1. The van der Waals surface area contributed by atoms with Crippen molar-refractivity contribution in [2.24, 2.45) is 0 Å². The summed E-state index contributed by atoms with van der Waals surface area (Å²) in [6, 6.07) is 1.86. The van der Waals surface area contributed by atoms with E-state index in [-0.39, 0.29) is 6.61 Å². The first kappa shape index (κ1) is 10.8. The Balaban J connectivity index is 2.18. The summed E-state index contributed by atoms with van der Waals surface area (Å²) in [5.74, 6) is 0. The number of hydrogen-bond acceptors (Lipinski definition) is 4. The average molecular weight is 195 g/mol. The van der Waals surface area contributed by atoms with E-state index in [1.165, 1.54) is 0 Å². The number of pyridine rings is 1. The predicted octanol–water partition coefficient (Wildman–Crippen LogP) is 1.24. The van der Waals surface area contributed by atoms with E-state index in [4.69, 9.17) is 10.8 Å². The van der Waals surface area contributed by atoms with Crippen LogP contribution < -0.4 is 11.1 Å². The summed E-state index contributed by atoms with van der Waals surface area (Å²) < 4.78 is 0. The maximum atomic E-state index is 8.57. The number of unbranched alkanes of at least 4 members (excludes halogenated alkanes) is 2. The largest absolute Gasteiger partial charge is 0.397 e. The van der Waals surface area contributed by atoms with Crippen LogP contribution in [0.5, 0.6) is 0 Å². The van der Waals surface area contributed by atoms with Crippen LogP contribution in [0.1, 0.15) is 19.3 Å². The van der Waals surface area contributed by atoms with E-state index in [0.717, 1.165) is 31.5 Å². The molecule has 0 spiro atoms. The lowest BCUT2D eigenvalue weighted by Crippen LogP contribution is -2.02. The van der Waals surface area contributed by atoms with Crippen LogP contribution in [0.25, 0.3) is 0 Å². The molecule has 0 amide bonds. The van der Waals surface area contributed by atoms with Gasteiger partial charge in [0.25, 0.3) is 0 Å². The van der Waals surface area contributed by atoms with Crippen molar-refractivity contribution in [1.29, 1.82) is 0 Å². The molecular weight excluding hydrogens is 178 g/mol. The van der Waals surface area contributed by atoms with E-state index in [0.29, 0.717) is 5.69 Å². The molecule has 0 saturated carbocycles. The smallest absolute Gasteiger partial charge is 0.0547 e. The molecule has 1 heterocycles. The highest BCUT2D eigenvalue weighted by atomic mass is 16.2. The highest BCUT2D eigenvalue weighted by molar-refractivity contribution is 5.50. The second-order valence-electron chi connectivity index (χ2n) is 3.22. The Morgan fingerprint density at radius 1 is 1.29 bits per heavy atom. The molecule has 0 aliphatic carbocycles. The monoisotopic (exact) mass is 195 g/mol. The Kier molecular flexibility index (Phi) is 4.78. The van der Waals surface area contributed by atoms with Crippen LogP contribution in [0.2, 0.25) is 0 Å². The van der Waals surface area contributed by atoms with Crippen LogP contribution in [-0.4, -0.2) is 23.2 Å². The lowest BCUT2D eigenvalue weighted by Gasteiger charge is -2.05. The second-order valence-corrected chi connectivity index (χ2v) is 3.22. The van der Waals surface area contributed by atoms with Gasteiger partial charge in [-0.2, -0.15) is 0 Å². The van der Waals surface area contributed by atoms with Crippen molar-refractivity contribution in [2.45, 2.75) is 19.3 Å². The summed E-state index contributed by atoms with van der Waals surface area (Å²) in [5, 5.41) is 11.8. The maximum Gasteiger partial charge on any atom is 0.0547 e. The molecule has 1 aromatic heterocycles. The van der Waals surface area contributed by atoms with E-state index >= 15 is 0 Å². The average Bonchev–Trinajstić information content (AvgIpc) is 2.18. The maximum absolute atomic E-state index is 8.57. The number of nitrogen functional groups attached to an aromatic ring is 1. The number of aliphatic hydroxyl groups is 1. The van der Waals surface area contributed by atoms with Crippen LogP contribution >= 0.6 is 0 Å². The summed E-state index contributed by atoms with van der Waals surface area (Å²) in [4.78, 5) is 3.97. The van der Waals surface area contributed by atoms with Gasteiger partial charge in [0.1, 0.15) is 0 Å². The van der Waals surface area contributed by atoms with Crippen molar-refractivity contribution in [2.75, 3.05) is 24.2 Å². The van der Waals surface area contributed by atoms with Gasteiger partial charge >= 0.3 is 0 Å². The van der Waals surface area contributed by atoms with E-state index in [1.807, 2.05) is 6.07 Å². The van der Waals surface area contributed by atoms with Gasteiger partial charge in [-0.25, -0.2) is 0 Å². The summed E-state index contributed by atoms with van der Waals surface area (Å²) in [6.07, 6.45) is 6.34. The Labute approximate surface area is 84.2 Å². The van der Waals surface area contributed by atoms with Gasteiger partial charge in [0.15, 0.2) is 0 Å². The summed E-state index contributed by atoms with van der Waals surface area (Å²) in [7, 11) is 0. The van der Waals surface area contributed by atoms with E-state index in [1.54, 1.807) is 12.4 Å².